The average Bonchev–Trinajstić information content (AvgIpc) is 3.60. The highest BCUT2D eigenvalue weighted by Crippen LogP contribution is 2.38. The number of fused-ring (bicyclic) bond motifs is 1. The largest absolute Gasteiger partial charge is 0.508 e. The van der Waals surface area contributed by atoms with E-state index in [4.69, 9.17) is 0 Å². The van der Waals surface area contributed by atoms with Gasteiger partial charge in [-0.25, -0.2) is 0 Å². The summed E-state index contributed by atoms with van der Waals surface area (Å²) in [7, 11) is 2.20. The molecule has 2 atom stereocenters. The quantitative estimate of drug-likeness (QED) is 0.415. The molecule has 0 bridgehead atoms. The van der Waals surface area contributed by atoms with Gasteiger partial charge in [-0.15, -0.1) is 10.2 Å². The normalized spacial score (nSPS) is 19.4. The summed E-state index contributed by atoms with van der Waals surface area (Å²) in [6, 6.07) is 12.4. The fourth-order valence-electron chi connectivity index (χ4n) is 5.87. The first-order valence-electron chi connectivity index (χ1n) is 13.6. The smallest absolute Gasteiger partial charge is 0.289 e. The molecule has 2 unspecified atom stereocenters. The van der Waals surface area contributed by atoms with Crippen molar-refractivity contribution in [1.82, 2.24) is 29.9 Å². The molecule has 1 aromatic heterocycles. The van der Waals surface area contributed by atoms with Gasteiger partial charge in [0.1, 0.15) is 11.5 Å². The fraction of sp³-hybridized carbons (Fsp3) is 0.483. The lowest BCUT2D eigenvalue weighted by atomic mass is 9.98. The van der Waals surface area contributed by atoms with Gasteiger partial charge in [0.05, 0.1) is 5.56 Å². The molecule has 5 rings (SSSR count). The number of nitrogens with zero attached hydrogens (tertiary/aromatic N) is 5. The van der Waals surface area contributed by atoms with Gasteiger partial charge in [-0.3, -0.25) is 19.2 Å². The first-order valence-corrected chi connectivity index (χ1v) is 13.6. The van der Waals surface area contributed by atoms with Crippen molar-refractivity contribution in [2.75, 3.05) is 26.7 Å². The highest BCUT2D eigenvalue weighted by atomic mass is 16.3. The van der Waals surface area contributed by atoms with Crippen LogP contribution in [0.5, 0.6) is 11.5 Å². The third-order valence-corrected chi connectivity index (χ3v) is 7.95. The van der Waals surface area contributed by atoms with E-state index in [0.29, 0.717) is 29.5 Å². The number of carbonyl (C=O) groups is 1. The number of nitrogens with one attached hydrogen (secondary N) is 1. The van der Waals surface area contributed by atoms with Gasteiger partial charge < -0.3 is 15.5 Å². The van der Waals surface area contributed by atoms with Crippen molar-refractivity contribution < 1.29 is 15.0 Å². The summed E-state index contributed by atoms with van der Waals surface area (Å²) in [5.74, 6) is 0.0462. The van der Waals surface area contributed by atoms with Crippen LogP contribution in [0, 0.1) is 0 Å². The second kappa shape index (κ2) is 10.7. The number of carbonyl (C=O) groups excluding carboxylic acids is 1. The SMILES string of the molecule is CCNC(=O)c1nnc(-c2cc(C(C)C)c(O)cc2O)n1-c1ccc(CN(C)C2CC3CCCN3C2)cc1. The zero-order valence-electron chi connectivity index (χ0n) is 22.7. The lowest BCUT2D eigenvalue weighted by Gasteiger charge is -2.25. The molecule has 3 heterocycles. The van der Waals surface area contributed by atoms with Crippen LogP contribution in [-0.4, -0.2) is 79.5 Å². The van der Waals surface area contributed by atoms with E-state index in [1.807, 2.05) is 32.9 Å². The van der Waals surface area contributed by atoms with Crippen LogP contribution in [0.3, 0.4) is 0 Å². The van der Waals surface area contributed by atoms with Gasteiger partial charge in [0.2, 0.25) is 5.82 Å². The summed E-state index contributed by atoms with van der Waals surface area (Å²) in [5.41, 5.74) is 2.99. The monoisotopic (exact) mass is 518 g/mol. The van der Waals surface area contributed by atoms with Gasteiger partial charge in [-0.1, -0.05) is 26.0 Å². The molecule has 2 fully saturated rings. The second-order valence-corrected chi connectivity index (χ2v) is 10.9. The number of aromatic hydroxyl groups is 2. The lowest BCUT2D eigenvalue weighted by molar-refractivity contribution is 0.0943. The molecule has 2 saturated heterocycles. The minimum Gasteiger partial charge on any atom is -0.508 e. The maximum absolute atomic E-state index is 12.9. The number of aromatic nitrogens is 3. The Morgan fingerprint density at radius 3 is 2.61 bits per heavy atom. The molecule has 9 nitrogen and oxygen atoms in total. The Labute approximate surface area is 224 Å². The van der Waals surface area contributed by atoms with Crippen LogP contribution in [0.4, 0.5) is 0 Å². The molecule has 0 spiro atoms. The Kier molecular flexibility index (Phi) is 7.40. The summed E-state index contributed by atoms with van der Waals surface area (Å²) >= 11 is 0. The van der Waals surface area contributed by atoms with Gasteiger partial charge in [-0.2, -0.15) is 0 Å². The van der Waals surface area contributed by atoms with E-state index in [9.17, 15) is 15.0 Å². The second-order valence-electron chi connectivity index (χ2n) is 10.9. The van der Waals surface area contributed by atoms with Crippen LogP contribution in [-0.2, 0) is 6.54 Å². The summed E-state index contributed by atoms with van der Waals surface area (Å²) in [6.45, 7) is 9.45. The number of amides is 1. The van der Waals surface area contributed by atoms with Crippen LogP contribution in [0.2, 0.25) is 0 Å². The fourth-order valence-corrected chi connectivity index (χ4v) is 5.87. The first kappa shape index (κ1) is 26.2. The van der Waals surface area contributed by atoms with E-state index >= 15 is 0 Å². The van der Waals surface area contributed by atoms with Crippen LogP contribution < -0.4 is 5.32 Å². The minimum absolute atomic E-state index is 0.0208. The zero-order valence-corrected chi connectivity index (χ0v) is 22.7. The van der Waals surface area contributed by atoms with Crippen molar-refractivity contribution in [2.24, 2.45) is 0 Å². The molecule has 3 N–H and O–H groups in total. The number of hydrogen-bond donors (Lipinski definition) is 3. The molecule has 202 valence electrons. The van der Waals surface area contributed by atoms with Crippen LogP contribution in [0.1, 0.15) is 67.7 Å². The van der Waals surface area contributed by atoms with Crippen LogP contribution in [0.15, 0.2) is 36.4 Å². The average molecular weight is 519 g/mol. The molecular formula is C29H38N6O3. The van der Waals surface area contributed by atoms with Crippen molar-refractivity contribution in [1.29, 1.82) is 0 Å². The van der Waals surface area contributed by atoms with Crippen molar-refractivity contribution in [3.05, 3.63) is 53.3 Å². The van der Waals surface area contributed by atoms with Crippen molar-refractivity contribution in [3.8, 4) is 28.6 Å². The van der Waals surface area contributed by atoms with Crippen LogP contribution in [0.25, 0.3) is 17.1 Å². The Morgan fingerprint density at radius 1 is 1.16 bits per heavy atom. The van der Waals surface area contributed by atoms with E-state index in [-0.39, 0.29) is 29.1 Å². The molecule has 2 aromatic carbocycles. The summed E-state index contributed by atoms with van der Waals surface area (Å²) in [4.78, 5) is 18.0. The Morgan fingerprint density at radius 2 is 1.92 bits per heavy atom. The van der Waals surface area contributed by atoms with E-state index in [1.54, 1.807) is 10.6 Å². The first-order chi connectivity index (χ1) is 18.3. The standard InChI is InChI=1S/C29H38N6O3/c1-5-30-29(38)28-32-31-27(24-14-23(18(2)3)25(36)15-26(24)37)35(28)20-10-8-19(9-11-20)16-33(4)22-13-21-7-6-12-34(21)17-22/h8-11,14-15,18,21-22,36-37H,5-7,12-13,16-17H2,1-4H3,(H,30,38). The van der Waals surface area contributed by atoms with Crippen LogP contribution >= 0.6 is 0 Å². The molecule has 0 saturated carbocycles. The Hall–Kier alpha value is -3.43. The molecule has 9 heteroatoms. The third-order valence-electron chi connectivity index (χ3n) is 7.95. The highest BCUT2D eigenvalue weighted by molar-refractivity contribution is 5.92. The predicted octanol–water partition coefficient (Wildman–Crippen LogP) is 3.89. The molecule has 3 aromatic rings. The maximum atomic E-state index is 12.9. The van der Waals surface area contributed by atoms with E-state index in [1.165, 1.54) is 37.4 Å². The number of phenolic OH excluding ortho intramolecular Hbond substituents is 2. The maximum Gasteiger partial charge on any atom is 0.289 e. The summed E-state index contributed by atoms with van der Waals surface area (Å²) in [5, 5.41) is 32.4. The minimum atomic E-state index is -0.348. The van der Waals surface area contributed by atoms with Gasteiger partial charge in [0.25, 0.3) is 5.91 Å². The molecular weight excluding hydrogens is 480 g/mol. The van der Waals surface area contributed by atoms with E-state index in [0.717, 1.165) is 24.8 Å². The topological polar surface area (TPSA) is 107 Å². The van der Waals surface area contributed by atoms with Gasteiger partial charge >= 0.3 is 0 Å². The lowest BCUT2D eigenvalue weighted by Crippen LogP contribution is -2.34. The number of phenols is 2. The molecule has 2 aliphatic rings. The van der Waals surface area contributed by atoms with E-state index < -0.39 is 0 Å². The molecule has 38 heavy (non-hydrogen) atoms. The number of benzene rings is 2. The van der Waals surface area contributed by atoms with Gasteiger partial charge in [0.15, 0.2) is 5.82 Å². The van der Waals surface area contributed by atoms with E-state index in [2.05, 4.69) is 44.5 Å². The number of rotatable bonds is 8. The predicted molar refractivity (Wildman–Crippen MR) is 147 cm³/mol. The van der Waals surface area contributed by atoms with Crippen molar-refractivity contribution >= 4 is 5.91 Å². The van der Waals surface area contributed by atoms with Gasteiger partial charge in [0, 0.05) is 43.5 Å². The zero-order chi connectivity index (χ0) is 27.0. The van der Waals surface area contributed by atoms with Crippen molar-refractivity contribution in [2.45, 2.75) is 64.6 Å². The highest BCUT2D eigenvalue weighted by Gasteiger charge is 2.36. The molecule has 2 aliphatic heterocycles. The van der Waals surface area contributed by atoms with Crippen molar-refractivity contribution in [3.63, 3.8) is 0 Å². The molecule has 1 amide bonds. The molecule has 0 radical (unpaired) electrons. The van der Waals surface area contributed by atoms with Gasteiger partial charge in [-0.05, 0) is 75.0 Å². The third kappa shape index (κ3) is 5.00. The number of hydrogen-bond acceptors (Lipinski definition) is 7. The summed E-state index contributed by atoms with van der Waals surface area (Å²) in [6.07, 6.45) is 3.89. The summed E-state index contributed by atoms with van der Waals surface area (Å²) < 4.78 is 1.67. The number of likely N-dealkylation sites (N-methyl/N-ethyl adjacent to an activating group) is 1. The Balaban J connectivity index is 1.46. The molecule has 0 aliphatic carbocycles. The Bertz CT molecular complexity index is 1290.